The Morgan fingerprint density at radius 1 is 1.25 bits per heavy atom. The highest BCUT2D eigenvalue weighted by molar-refractivity contribution is 5.81. The van der Waals surface area contributed by atoms with Crippen molar-refractivity contribution in [2.45, 2.75) is 58.0 Å². The first-order valence-corrected chi connectivity index (χ1v) is 10.2. The summed E-state index contributed by atoms with van der Waals surface area (Å²) in [7, 11) is 2.00. The second kappa shape index (κ2) is 9.64. The molecule has 150 valence electrons. The van der Waals surface area contributed by atoms with Crippen molar-refractivity contribution in [1.82, 2.24) is 25.0 Å². The minimum Gasteiger partial charge on any atom is -0.354 e. The molecule has 6 nitrogen and oxygen atoms in total. The topological polar surface area (TPSA) is 63.1 Å². The molecule has 1 heterocycles. The molecule has 3 rings (SSSR count). The number of allylic oxidation sites excluding steroid dienone is 1. The molecular formula is C22H31N5O. The summed E-state index contributed by atoms with van der Waals surface area (Å²) < 4.78 is 1.73. The summed E-state index contributed by atoms with van der Waals surface area (Å²) in [6.07, 6.45) is 11.5. The van der Waals surface area contributed by atoms with Crippen molar-refractivity contribution >= 4 is 5.91 Å². The molecule has 0 unspecified atom stereocenters. The van der Waals surface area contributed by atoms with Crippen LogP contribution in [0.2, 0.25) is 0 Å². The van der Waals surface area contributed by atoms with Gasteiger partial charge in [0.05, 0.1) is 11.7 Å². The Hall–Kier alpha value is -2.47. The van der Waals surface area contributed by atoms with E-state index in [2.05, 4.69) is 45.4 Å². The van der Waals surface area contributed by atoms with Gasteiger partial charge in [0.25, 0.3) is 0 Å². The molecule has 0 fully saturated rings. The van der Waals surface area contributed by atoms with Gasteiger partial charge < -0.3 is 5.32 Å². The van der Waals surface area contributed by atoms with E-state index in [1.54, 1.807) is 11.0 Å². The van der Waals surface area contributed by atoms with E-state index in [9.17, 15) is 4.79 Å². The molecule has 1 amide bonds. The van der Waals surface area contributed by atoms with E-state index in [4.69, 9.17) is 0 Å². The lowest BCUT2D eigenvalue weighted by atomic mass is 9.97. The summed E-state index contributed by atoms with van der Waals surface area (Å²) in [5.74, 6) is 0.0880. The van der Waals surface area contributed by atoms with Crippen LogP contribution < -0.4 is 5.32 Å². The maximum Gasteiger partial charge on any atom is 0.237 e. The van der Waals surface area contributed by atoms with Crippen molar-refractivity contribution < 1.29 is 4.79 Å². The molecule has 1 aromatic carbocycles. The fraction of sp³-hybridized carbons (Fsp3) is 0.500. The van der Waals surface area contributed by atoms with E-state index >= 15 is 0 Å². The van der Waals surface area contributed by atoms with Gasteiger partial charge in [0.15, 0.2) is 0 Å². The van der Waals surface area contributed by atoms with Gasteiger partial charge in [-0.05, 0) is 70.7 Å². The zero-order valence-corrected chi connectivity index (χ0v) is 17.1. The van der Waals surface area contributed by atoms with E-state index in [1.165, 1.54) is 43.1 Å². The number of likely N-dealkylation sites (N-methyl/N-ethyl adjacent to an activating group) is 1. The van der Waals surface area contributed by atoms with Crippen LogP contribution in [-0.2, 0) is 4.79 Å². The third kappa shape index (κ3) is 5.07. The number of benzene rings is 1. The fourth-order valence-corrected chi connectivity index (χ4v) is 3.63. The van der Waals surface area contributed by atoms with Crippen molar-refractivity contribution in [1.29, 1.82) is 0 Å². The average molecular weight is 382 g/mol. The molecular weight excluding hydrogens is 350 g/mol. The van der Waals surface area contributed by atoms with Crippen LogP contribution in [0.4, 0.5) is 0 Å². The predicted molar refractivity (Wildman–Crippen MR) is 111 cm³/mol. The Balaban J connectivity index is 1.52. The Morgan fingerprint density at radius 3 is 2.68 bits per heavy atom. The van der Waals surface area contributed by atoms with Gasteiger partial charge in [-0.3, -0.25) is 9.69 Å². The van der Waals surface area contributed by atoms with Gasteiger partial charge in [0.1, 0.15) is 12.7 Å². The highest BCUT2D eigenvalue weighted by Crippen LogP contribution is 2.22. The normalized spacial score (nSPS) is 16.5. The third-order valence-electron chi connectivity index (χ3n) is 5.79. The summed E-state index contributed by atoms with van der Waals surface area (Å²) in [6.45, 7) is 4.82. The van der Waals surface area contributed by atoms with Gasteiger partial charge in [-0.1, -0.05) is 23.8 Å². The highest BCUT2D eigenvalue weighted by atomic mass is 16.2. The molecule has 1 aliphatic carbocycles. The molecule has 0 saturated carbocycles. The Labute approximate surface area is 167 Å². The number of carbonyl (C=O) groups is 1. The molecule has 1 N–H and O–H groups in total. The van der Waals surface area contributed by atoms with Crippen molar-refractivity contribution in [3.05, 3.63) is 54.1 Å². The number of nitrogens with one attached hydrogen (secondary N) is 1. The predicted octanol–water partition coefficient (Wildman–Crippen LogP) is 3.66. The lowest BCUT2D eigenvalue weighted by Gasteiger charge is -2.30. The summed E-state index contributed by atoms with van der Waals surface area (Å²) in [4.78, 5) is 18.7. The van der Waals surface area contributed by atoms with E-state index < -0.39 is 0 Å². The summed E-state index contributed by atoms with van der Waals surface area (Å²) in [5, 5.41) is 7.25. The first kappa shape index (κ1) is 20.3. The number of hydrogen-bond donors (Lipinski definition) is 1. The molecule has 2 aromatic rings. The number of rotatable bonds is 8. The SMILES string of the molecule is C[C@H](C(=O)NCCC1=CCCCC1)N(C)[C@@H](C)c1ccc(-n2cncn2)cc1. The first-order valence-electron chi connectivity index (χ1n) is 10.2. The highest BCUT2D eigenvalue weighted by Gasteiger charge is 2.23. The van der Waals surface area contributed by atoms with Crippen LogP contribution in [0, 0.1) is 0 Å². The molecule has 6 heteroatoms. The van der Waals surface area contributed by atoms with E-state index in [0.29, 0.717) is 0 Å². The third-order valence-corrected chi connectivity index (χ3v) is 5.79. The minimum atomic E-state index is -0.190. The smallest absolute Gasteiger partial charge is 0.237 e. The number of amides is 1. The standard InChI is InChI=1S/C22H31N5O/c1-17(20-9-11-21(12-10-20)27-16-23-15-25-27)26(3)18(2)22(28)24-14-13-19-7-5-4-6-8-19/h7,9-12,15-18H,4-6,8,13-14H2,1-3H3,(H,24,28)/t17-,18+/m0/s1. The molecule has 0 aliphatic heterocycles. The largest absolute Gasteiger partial charge is 0.354 e. The van der Waals surface area contributed by atoms with Crippen LogP contribution in [0.5, 0.6) is 0 Å². The van der Waals surface area contributed by atoms with E-state index in [0.717, 1.165) is 18.7 Å². The number of hydrogen-bond acceptors (Lipinski definition) is 4. The Morgan fingerprint density at radius 2 is 2.04 bits per heavy atom. The van der Waals surface area contributed by atoms with Gasteiger partial charge >= 0.3 is 0 Å². The van der Waals surface area contributed by atoms with Crippen LogP contribution in [0.15, 0.2) is 48.6 Å². The van der Waals surface area contributed by atoms with Crippen molar-refractivity contribution in [3.8, 4) is 5.69 Å². The molecule has 1 aromatic heterocycles. The van der Waals surface area contributed by atoms with E-state index in [1.807, 2.05) is 26.1 Å². The molecule has 0 saturated heterocycles. The molecule has 28 heavy (non-hydrogen) atoms. The lowest BCUT2D eigenvalue weighted by Crippen LogP contribution is -2.44. The number of nitrogens with zero attached hydrogens (tertiary/aromatic N) is 4. The lowest BCUT2D eigenvalue weighted by molar-refractivity contribution is -0.126. The average Bonchev–Trinajstić information content (AvgIpc) is 3.28. The van der Waals surface area contributed by atoms with Crippen molar-refractivity contribution in [2.24, 2.45) is 0 Å². The van der Waals surface area contributed by atoms with Gasteiger partial charge in [-0.2, -0.15) is 5.10 Å². The van der Waals surface area contributed by atoms with Gasteiger partial charge in [0, 0.05) is 12.6 Å². The van der Waals surface area contributed by atoms with E-state index in [-0.39, 0.29) is 18.0 Å². The maximum absolute atomic E-state index is 12.6. The first-order chi connectivity index (χ1) is 13.6. The monoisotopic (exact) mass is 381 g/mol. The van der Waals surface area contributed by atoms with Gasteiger partial charge in [0.2, 0.25) is 5.91 Å². The molecule has 2 atom stereocenters. The van der Waals surface area contributed by atoms with Crippen molar-refractivity contribution in [2.75, 3.05) is 13.6 Å². The zero-order chi connectivity index (χ0) is 19.9. The van der Waals surface area contributed by atoms with Crippen LogP contribution in [0.25, 0.3) is 5.69 Å². The summed E-state index contributed by atoms with van der Waals surface area (Å²) in [5.41, 5.74) is 3.63. The zero-order valence-electron chi connectivity index (χ0n) is 17.1. The van der Waals surface area contributed by atoms with Crippen LogP contribution in [0.3, 0.4) is 0 Å². The molecule has 0 radical (unpaired) electrons. The molecule has 0 bridgehead atoms. The van der Waals surface area contributed by atoms with Gasteiger partial charge in [-0.25, -0.2) is 9.67 Å². The summed E-state index contributed by atoms with van der Waals surface area (Å²) in [6, 6.07) is 8.15. The second-order valence-electron chi connectivity index (χ2n) is 7.60. The minimum absolute atomic E-state index is 0.0880. The fourth-order valence-electron chi connectivity index (χ4n) is 3.63. The Bertz CT molecular complexity index is 782. The van der Waals surface area contributed by atoms with Crippen LogP contribution in [-0.4, -0.2) is 45.2 Å². The molecule has 1 aliphatic rings. The second-order valence-corrected chi connectivity index (χ2v) is 7.60. The van der Waals surface area contributed by atoms with Gasteiger partial charge in [-0.15, -0.1) is 0 Å². The van der Waals surface area contributed by atoms with Crippen molar-refractivity contribution in [3.63, 3.8) is 0 Å². The number of carbonyl (C=O) groups excluding carboxylic acids is 1. The quantitative estimate of drug-likeness (QED) is 0.709. The molecule has 0 spiro atoms. The van der Waals surface area contributed by atoms with Crippen LogP contribution >= 0.6 is 0 Å². The number of aromatic nitrogens is 3. The maximum atomic E-state index is 12.6. The van der Waals surface area contributed by atoms with Crippen LogP contribution in [0.1, 0.15) is 57.6 Å². The Kier molecular flexibility index (Phi) is 6.98. The summed E-state index contributed by atoms with van der Waals surface area (Å²) >= 11 is 0.